The van der Waals surface area contributed by atoms with Crippen LogP contribution in [0.15, 0.2) is 22.8 Å². The maximum absolute atomic E-state index is 13.4. The van der Waals surface area contributed by atoms with E-state index in [1.165, 1.54) is 19.4 Å². The van der Waals surface area contributed by atoms with Crippen LogP contribution in [0, 0.1) is 12.7 Å². The number of fused-ring (bicyclic) bond motifs is 1. The molecule has 0 radical (unpaired) electrons. The third kappa shape index (κ3) is 1.78. The Bertz CT molecular complexity index is 542. The molecule has 84 valence electrons. The van der Waals surface area contributed by atoms with E-state index in [0.29, 0.717) is 22.1 Å². The molecule has 4 heteroatoms. The molecule has 0 aliphatic carbocycles. The summed E-state index contributed by atoms with van der Waals surface area (Å²) < 4.78 is 23.2. The molecule has 2 aromatic rings. The van der Waals surface area contributed by atoms with Crippen LogP contribution in [0.4, 0.5) is 4.39 Å². The molecule has 0 saturated heterocycles. The zero-order valence-corrected chi connectivity index (χ0v) is 9.04. The lowest BCUT2D eigenvalue weighted by Gasteiger charge is -1.98. The molecule has 0 spiro atoms. The predicted octanol–water partition coefficient (Wildman–Crippen LogP) is 2.60. The van der Waals surface area contributed by atoms with Crippen LogP contribution in [-0.4, -0.2) is 13.1 Å². The molecule has 2 rings (SSSR count). The van der Waals surface area contributed by atoms with Gasteiger partial charge in [-0.1, -0.05) is 0 Å². The first-order valence-electron chi connectivity index (χ1n) is 4.85. The van der Waals surface area contributed by atoms with Crippen LogP contribution < -0.4 is 0 Å². The van der Waals surface area contributed by atoms with Crippen LogP contribution in [-0.2, 0) is 16.0 Å². The summed E-state index contributed by atoms with van der Waals surface area (Å²) in [6.07, 6.45) is 1.55. The highest BCUT2D eigenvalue weighted by Crippen LogP contribution is 2.24. The van der Waals surface area contributed by atoms with Crippen molar-refractivity contribution in [2.45, 2.75) is 13.3 Å². The van der Waals surface area contributed by atoms with Gasteiger partial charge in [-0.15, -0.1) is 0 Å². The minimum absolute atomic E-state index is 0.0893. The quantitative estimate of drug-likeness (QED) is 0.733. The molecule has 0 amide bonds. The summed E-state index contributed by atoms with van der Waals surface area (Å²) in [6.45, 7) is 1.66. The fraction of sp³-hybridized carbons (Fsp3) is 0.250. The fourth-order valence-corrected chi connectivity index (χ4v) is 1.57. The van der Waals surface area contributed by atoms with E-state index in [4.69, 9.17) is 4.42 Å². The number of aryl methyl sites for hydroxylation is 1. The van der Waals surface area contributed by atoms with Gasteiger partial charge < -0.3 is 9.15 Å². The summed E-state index contributed by atoms with van der Waals surface area (Å²) in [5.41, 5.74) is 1.74. The number of carbonyl (C=O) groups excluding carboxylic acids is 1. The van der Waals surface area contributed by atoms with Crippen molar-refractivity contribution >= 4 is 16.9 Å². The summed E-state index contributed by atoms with van der Waals surface area (Å²) in [5.74, 6) is -0.677. The van der Waals surface area contributed by atoms with Gasteiger partial charge in [0, 0.05) is 10.9 Å². The third-order valence-corrected chi connectivity index (χ3v) is 2.50. The van der Waals surface area contributed by atoms with Gasteiger partial charge in [0.2, 0.25) is 0 Å². The van der Waals surface area contributed by atoms with E-state index in [1.54, 1.807) is 13.0 Å². The Hall–Kier alpha value is -1.84. The Kier molecular flexibility index (Phi) is 2.64. The Morgan fingerprint density at radius 3 is 2.94 bits per heavy atom. The number of carbonyl (C=O) groups is 1. The van der Waals surface area contributed by atoms with Crippen molar-refractivity contribution in [2.75, 3.05) is 7.11 Å². The number of benzene rings is 1. The van der Waals surface area contributed by atoms with Gasteiger partial charge in [-0.05, 0) is 24.6 Å². The molecule has 0 atom stereocenters. The largest absolute Gasteiger partial charge is 0.469 e. The van der Waals surface area contributed by atoms with Crippen molar-refractivity contribution in [3.8, 4) is 0 Å². The van der Waals surface area contributed by atoms with Gasteiger partial charge in [-0.25, -0.2) is 4.39 Å². The second kappa shape index (κ2) is 3.96. The number of hydrogen-bond acceptors (Lipinski definition) is 3. The van der Waals surface area contributed by atoms with Gasteiger partial charge in [-0.3, -0.25) is 4.79 Å². The lowest BCUT2D eigenvalue weighted by atomic mass is 10.1. The fourth-order valence-electron chi connectivity index (χ4n) is 1.57. The van der Waals surface area contributed by atoms with Crippen molar-refractivity contribution in [3.63, 3.8) is 0 Å². The molecule has 0 saturated carbocycles. The Labute approximate surface area is 91.8 Å². The van der Waals surface area contributed by atoms with Crippen LogP contribution in [0.1, 0.15) is 11.1 Å². The van der Waals surface area contributed by atoms with Crippen LogP contribution in [0.2, 0.25) is 0 Å². The third-order valence-electron chi connectivity index (χ3n) is 2.50. The molecule has 0 aliphatic rings. The van der Waals surface area contributed by atoms with E-state index in [9.17, 15) is 9.18 Å². The van der Waals surface area contributed by atoms with Gasteiger partial charge in [0.05, 0.1) is 19.8 Å². The lowest BCUT2D eigenvalue weighted by Crippen LogP contribution is -2.03. The van der Waals surface area contributed by atoms with Gasteiger partial charge in [0.1, 0.15) is 11.4 Å². The Morgan fingerprint density at radius 1 is 1.50 bits per heavy atom. The standard InChI is InChI=1S/C12H11FO3/c1-7-3-11-9(5-10(7)13)8(6-16-11)4-12(14)15-2/h3,5-6H,4H2,1-2H3. The molecule has 1 heterocycles. The van der Waals surface area contributed by atoms with Crippen molar-refractivity contribution < 1.29 is 18.3 Å². The first-order chi connectivity index (χ1) is 7.61. The monoisotopic (exact) mass is 222 g/mol. The maximum atomic E-state index is 13.4. The molecule has 1 aromatic heterocycles. The summed E-state index contributed by atoms with van der Waals surface area (Å²) in [4.78, 5) is 11.1. The van der Waals surface area contributed by atoms with Gasteiger partial charge in [0.25, 0.3) is 0 Å². The first kappa shape index (κ1) is 10.7. The van der Waals surface area contributed by atoms with Crippen molar-refractivity contribution in [1.82, 2.24) is 0 Å². The number of methoxy groups -OCH3 is 1. The summed E-state index contributed by atoms with van der Waals surface area (Å²) in [5, 5.41) is 0.619. The summed E-state index contributed by atoms with van der Waals surface area (Å²) >= 11 is 0. The first-order valence-corrected chi connectivity index (χ1v) is 4.85. The number of furan rings is 1. The molecular formula is C12H11FO3. The van der Waals surface area contributed by atoms with Gasteiger partial charge in [-0.2, -0.15) is 0 Å². The van der Waals surface area contributed by atoms with Crippen LogP contribution in [0.25, 0.3) is 11.0 Å². The van der Waals surface area contributed by atoms with Crippen LogP contribution in [0.3, 0.4) is 0 Å². The number of halogens is 1. The molecule has 0 N–H and O–H groups in total. The smallest absolute Gasteiger partial charge is 0.310 e. The van der Waals surface area contributed by atoms with Crippen LogP contribution >= 0.6 is 0 Å². The highest BCUT2D eigenvalue weighted by molar-refractivity contribution is 5.86. The topological polar surface area (TPSA) is 39.4 Å². The average molecular weight is 222 g/mol. The zero-order valence-electron chi connectivity index (χ0n) is 9.04. The number of ether oxygens (including phenoxy) is 1. The van der Waals surface area contributed by atoms with Crippen molar-refractivity contribution in [2.24, 2.45) is 0 Å². The predicted molar refractivity (Wildman–Crippen MR) is 56.6 cm³/mol. The second-order valence-corrected chi connectivity index (χ2v) is 3.61. The Morgan fingerprint density at radius 2 is 2.25 bits per heavy atom. The molecule has 0 unspecified atom stereocenters. The minimum atomic E-state index is -0.372. The molecule has 0 fully saturated rings. The Balaban J connectivity index is 2.48. The number of rotatable bonds is 2. The van der Waals surface area contributed by atoms with E-state index < -0.39 is 0 Å². The lowest BCUT2D eigenvalue weighted by molar-refractivity contribution is -0.139. The van der Waals surface area contributed by atoms with Gasteiger partial charge >= 0.3 is 5.97 Å². The van der Waals surface area contributed by atoms with Crippen molar-refractivity contribution in [3.05, 3.63) is 35.3 Å². The summed E-state index contributed by atoms with van der Waals surface area (Å²) in [6, 6.07) is 3.00. The molecule has 3 nitrogen and oxygen atoms in total. The van der Waals surface area contributed by atoms with E-state index in [1.807, 2.05) is 0 Å². The number of hydrogen-bond donors (Lipinski definition) is 0. The summed E-state index contributed by atoms with van der Waals surface area (Å²) in [7, 11) is 1.31. The molecule has 0 aliphatic heterocycles. The minimum Gasteiger partial charge on any atom is -0.469 e. The van der Waals surface area contributed by atoms with E-state index >= 15 is 0 Å². The second-order valence-electron chi connectivity index (χ2n) is 3.61. The SMILES string of the molecule is COC(=O)Cc1coc2cc(C)c(F)cc12. The molecule has 1 aromatic carbocycles. The van der Waals surface area contributed by atoms with Gasteiger partial charge in [0.15, 0.2) is 0 Å². The van der Waals surface area contributed by atoms with E-state index in [2.05, 4.69) is 4.74 Å². The highest BCUT2D eigenvalue weighted by atomic mass is 19.1. The normalized spacial score (nSPS) is 10.7. The number of esters is 1. The van der Waals surface area contributed by atoms with Crippen LogP contribution in [0.5, 0.6) is 0 Å². The van der Waals surface area contributed by atoms with Crippen molar-refractivity contribution in [1.29, 1.82) is 0 Å². The molecule has 0 bridgehead atoms. The average Bonchev–Trinajstić information content (AvgIpc) is 2.62. The molecular weight excluding hydrogens is 211 g/mol. The highest BCUT2D eigenvalue weighted by Gasteiger charge is 2.12. The maximum Gasteiger partial charge on any atom is 0.310 e. The zero-order chi connectivity index (χ0) is 11.7. The van der Waals surface area contributed by atoms with E-state index in [-0.39, 0.29) is 18.2 Å². The molecule has 16 heavy (non-hydrogen) atoms. The van der Waals surface area contributed by atoms with E-state index in [0.717, 1.165) is 0 Å².